The van der Waals surface area contributed by atoms with E-state index in [-0.39, 0.29) is 12.3 Å². The van der Waals surface area contributed by atoms with Crippen molar-refractivity contribution in [1.29, 1.82) is 0 Å². The third-order valence-corrected chi connectivity index (χ3v) is 4.39. The largest absolute Gasteiger partial charge is 0.481 e. The van der Waals surface area contributed by atoms with E-state index < -0.39 is 5.97 Å². The van der Waals surface area contributed by atoms with Crippen LogP contribution >= 0.6 is 0 Å². The van der Waals surface area contributed by atoms with Gasteiger partial charge in [-0.1, -0.05) is 6.42 Å². The van der Waals surface area contributed by atoms with Crippen LogP contribution in [0.1, 0.15) is 58.8 Å². The van der Waals surface area contributed by atoms with Crippen LogP contribution in [0.4, 0.5) is 0 Å². The summed E-state index contributed by atoms with van der Waals surface area (Å²) >= 11 is 0. The van der Waals surface area contributed by atoms with E-state index in [2.05, 4.69) is 4.90 Å². The first-order valence-electron chi connectivity index (χ1n) is 8.32. The Bertz CT molecular complexity index is 329. The first kappa shape index (κ1) is 18.0. The Morgan fingerprint density at radius 1 is 1.19 bits per heavy atom. The van der Waals surface area contributed by atoms with Crippen LogP contribution < -0.4 is 0 Å². The van der Waals surface area contributed by atoms with Gasteiger partial charge >= 0.3 is 5.97 Å². The summed E-state index contributed by atoms with van der Waals surface area (Å²) in [7, 11) is 0. The lowest BCUT2D eigenvalue weighted by molar-refractivity contribution is -0.137. The van der Waals surface area contributed by atoms with Crippen molar-refractivity contribution < 1.29 is 14.7 Å². The van der Waals surface area contributed by atoms with Crippen LogP contribution in [0, 0.1) is 0 Å². The van der Waals surface area contributed by atoms with E-state index >= 15 is 0 Å². The molecule has 0 aliphatic carbocycles. The number of piperidine rings is 1. The highest BCUT2D eigenvalue weighted by Crippen LogP contribution is 2.21. The zero-order valence-electron chi connectivity index (χ0n) is 13.5. The van der Waals surface area contributed by atoms with E-state index in [4.69, 9.17) is 5.11 Å². The number of hydrogen-bond acceptors (Lipinski definition) is 3. The van der Waals surface area contributed by atoms with E-state index in [1.54, 1.807) is 0 Å². The van der Waals surface area contributed by atoms with E-state index in [0.717, 1.165) is 45.4 Å². The summed E-state index contributed by atoms with van der Waals surface area (Å²) in [4.78, 5) is 27.0. The molecule has 0 spiro atoms. The molecule has 0 aromatic heterocycles. The quantitative estimate of drug-likeness (QED) is 0.710. The molecule has 1 fully saturated rings. The standard InChI is InChI=1S/C16H30N2O3/c1-3-17(4-2)15(19)9-7-13-18-12-6-5-8-14(18)10-11-16(20)21/h14H,3-13H2,1-2H3,(H,20,21). The van der Waals surface area contributed by atoms with E-state index in [1.165, 1.54) is 12.8 Å². The molecule has 0 radical (unpaired) electrons. The van der Waals surface area contributed by atoms with Crippen molar-refractivity contribution >= 4 is 11.9 Å². The van der Waals surface area contributed by atoms with Gasteiger partial charge in [0.25, 0.3) is 0 Å². The van der Waals surface area contributed by atoms with E-state index in [9.17, 15) is 9.59 Å². The third kappa shape index (κ3) is 6.46. The molecule has 5 nitrogen and oxygen atoms in total. The Morgan fingerprint density at radius 3 is 2.52 bits per heavy atom. The molecule has 1 atom stereocenters. The van der Waals surface area contributed by atoms with Gasteiger partial charge in [0.05, 0.1) is 0 Å². The first-order chi connectivity index (χ1) is 10.1. The lowest BCUT2D eigenvalue weighted by Crippen LogP contribution is -2.40. The molecule has 122 valence electrons. The fraction of sp³-hybridized carbons (Fsp3) is 0.875. The lowest BCUT2D eigenvalue weighted by atomic mass is 9.97. The Balaban J connectivity index is 2.33. The third-order valence-electron chi connectivity index (χ3n) is 4.39. The summed E-state index contributed by atoms with van der Waals surface area (Å²) in [6.07, 6.45) is 5.94. The van der Waals surface area contributed by atoms with Gasteiger partial charge in [0.1, 0.15) is 0 Å². The molecule has 21 heavy (non-hydrogen) atoms. The molecule has 1 unspecified atom stereocenters. The number of carboxylic acid groups (broad SMARTS) is 1. The second kappa shape index (κ2) is 9.77. The van der Waals surface area contributed by atoms with Crippen molar-refractivity contribution in [3.8, 4) is 0 Å². The minimum atomic E-state index is -0.711. The van der Waals surface area contributed by atoms with Gasteiger partial charge in [-0.15, -0.1) is 0 Å². The average Bonchev–Trinajstić information content (AvgIpc) is 2.47. The summed E-state index contributed by atoms with van der Waals surface area (Å²) in [5.74, 6) is -0.476. The van der Waals surface area contributed by atoms with Crippen molar-refractivity contribution in [1.82, 2.24) is 9.80 Å². The molecular formula is C16H30N2O3. The second-order valence-corrected chi connectivity index (χ2v) is 5.79. The molecule has 0 aromatic rings. The summed E-state index contributed by atoms with van der Waals surface area (Å²) in [5.41, 5.74) is 0. The molecule has 0 aromatic carbocycles. The number of carbonyl (C=O) groups is 2. The molecular weight excluding hydrogens is 268 g/mol. The molecule has 1 saturated heterocycles. The maximum absolute atomic E-state index is 12.0. The summed E-state index contributed by atoms with van der Waals surface area (Å²) < 4.78 is 0. The highest BCUT2D eigenvalue weighted by Gasteiger charge is 2.22. The van der Waals surface area contributed by atoms with Crippen molar-refractivity contribution in [2.45, 2.75) is 64.8 Å². The second-order valence-electron chi connectivity index (χ2n) is 5.79. The van der Waals surface area contributed by atoms with Gasteiger partial charge in [-0.25, -0.2) is 0 Å². The lowest BCUT2D eigenvalue weighted by Gasteiger charge is -2.35. The molecule has 0 bridgehead atoms. The Hall–Kier alpha value is -1.10. The van der Waals surface area contributed by atoms with Gasteiger partial charge in [-0.3, -0.25) is 9.59 Å². The molecule has 1 rings (SSSR count). The number of carbonyl (C=O) groups excluding carboxylic acids is 1. The number of amides is 1. The molecule has 1 aliphatic heterocycles. The number of aliphatic carboxylic acids is 1. The monoisotopic (exact) mass is 298 g/mol. The maximum atomic E-state index is 12.0. The van der Waals surface area contributed by atoms with Crippen LogP contribution in [0.15, 0.2) is 0 Å². The fourth-order valence-electron chi connectivity index (χ4n) is 3.14. The number of carboxylic acids is 1. The molecule has 1 N–H and O–H groups in total. The number of likely N-dealkylation sites (tertiary alicyclic amines) is 1. The Morgan fingerprint density at radius 2 is 1.90 bits per heavy atom. The van der Waals surface area contributed by atoms with Crippen LogP contribution in [0.2, 0.25) is 0 Å². The van der Waals surface area contributed by atoms with Gasteiger partial charge in [-0.05, 0) is 52.6 Å². The van der Waals surface area contributed by atoms with Crippen LogP contribution in [0.3, 0.4) is 0 Å². The summed E-state index contributed by atoms with van der Waals surface area (Å²) in [6.45, 7) is 7.53. The minimum Gasteiger partial charge on any atom is -0.481 e. The van der Waals surface area contributed by atoms with Crippen LogP contribution in [-0.4, -0.2) is 59.0 Å². The number of nitrogens with zero attached hydrogens (tertiary/aromatic N) is 2. The van der Waals surface area contributed by atoms with Crippen molar-refractivity contribution in [2.24, 2.45) is 0 Å². The Kier molecular flexibility index (Phi) is 8.35. The van der Waals surface area contributed by atoms with Crippen LogP contribution in [0.25, 0.3) is 0 Å². The Labute approximate surface area is 128 Å². The fourth-order valence-corrected chi connectivity index (χ4v) is 3.14. The smallest absolute Gasteiger partial charge is 0.303 e. The zero-order chi connectivity index (χ0) is 15.7. The summed E-state index contributed by atoms with van der Waals surface area (Å²) in [5, 5.41) is 8.83. The van der Waals surface area contributed by atoms with Gasteiger partial charge in [0, 0.05) is 32.0 Å². The van der Waals surface area contributed by atoms with Gasteiger partial charge in [0.15, 0.2) is 0 Å². The minimum absolute atomic E-state index is 0.235. The maximum Gasteiger partial charge on any atom is 0.303 e. The molecule has 1 amide bonds. The van der Waals surface area contributed by atoms with E-state index in [1.807, 2.05) is 18.7 Å². The zero-order valence-corrected chi connectivity index (χ0v) is 13.5. The molecule has 0 saturated carbocycles. The SMILES string of the molecule is CCN(CC)C(=O)CCCN1CCCCC1CCC(=O)O. The first-order valence-corrected chi connectivity index (χ1v) is 8.32. The highest BCUT2D eigenvalue weighted by molar-refractivity contribution is 5.76. The number of rotatable bonds is 9. The average molecular weight is 298 g/mol. The van der Waals surface area contributed by atoms with Crippen molar-refractivity contribution in [3.05, 3.63) is 0 Å². The predicted molar refractivity (Wildman–Crippen MR) is 83.2 cm³/mol. The van der Waals surface area contributed by atoms with Crippen LogP contribution in [0.5, 0.6) is 0 Å². The van der Waals surface area contributed by atoms with Gasteiger partial charge in [-0.2, -0.15) is 0 Å². The predicted octanol–water partition coefficient (Wildman–Crippen LogP) is 2.35. The highest BCUT2D eigenvalue weighted by atomic mass is 16.4. The topological polar surface area (TPSA) is 60.9 Å². The molecule has 1 heterocycles. The molecule has 1 aliphatic rings. The van der Waals surface area contributed by atoms with Gasteiger partial charge < -0.3 is 14.9 Å². The van der Waals surface area contributed by atoms with Crippen molar-refractivity contribution in [2.75, 3.05) is 26.2 Å². The van der Waals surface area contributed by atoms with E-state index in [0.29, 0.717) is 12.5 Å². The van der Waals surface area contributed by atoms with Gasteiger partial charge in [0.2, 0.25) is 5.91 Å². The number of hydrogen-bond donors (Lipinski definition) is 1. The van der Waals surface area contributed by atoms with Crippen LogP contribution in [-0.2, 0) is 9.59 Å². The van der Waals surface area contributed by atoms with Crippen molar-refractivity contribution in [3.63, 3.8) is 0 Å². The summed E-state index contributed by atoms with van der Waals surface area (Å²) in [6, 6.07) is 0.387. The molecule has 5 heteroatoms. The normalized spacial score (nSPS) is 19.4.